The van der Waals surface area contributed by atoms with E-state index in [2.05, 4.69) is 43.5 Å². The fraction of sp³-hybridized carbons (Fsp3) is 0.316. The monoisotopic (exact) mass is 328 g/mol. The first kappa shape index (κ1) is 17.3. The van der Waals surface area contributed by atoms with Crippen molar-refractivity contribution < 1.29 is 4.74 Å². The number of rotatable bonds is 6. The van der Waals surface area contributed by atoms with Gasteiger partial charge in [-0.1, -0.05) is 43.7 Å². The maximum Gasteiger partial charge on any atom is 0.170 e. The van der Waals surface area contributed by atoms with Gasteiger partial charge in [-0.25, -0.2) is 0 Å². The number of benzene rings is 2. The van der Waals surface area contributed by atoms with Crippen LogP contribution in [0.2, 0.25) is 0 Å². The van der Waals surface area contributed by atoms with Crippen molar-refractivity contribution in [1.82, 2.24) is 5.32 Å². The van der Waals surface area contributed by atoms with Crippen LogP contribution in [0.15, 0.2) is 48.5 Å². The third kappa shape index (κ3) is 5.91. The Morgan fingerprint density at radius 3 is 2.30 bits per heavy atom. The third-order valence-corrected chi connectivity index (χ3v) is 3.76. The molecule has 23 heavy (non-hydrogen) atoms. The normalized spacial score (nSPS) is 10.4. The van der Waals surface area contributed by atoms with Crippen LogP contribution in [0.1, 0.15) is 30.9 Å². The van der Waals surface area contributed by atoms with Gasteiger partial charge in [0.25, 0.3) is 0 Å². The molecule has 0 atom stereocenters. The maximum atomic E-state index is 5.65. The Bertz CT molecular complexity index is 621. The van der Waals surface area contributed by atoms with Crippen LogP contribution in [0.25, 0.3) is 0 Å². The Kier molecular flexibility index (Phi) is 6.41. The number of hydrogen-bond acceptors (Lipinski definition) is 2. The van der Waals surface area contributed by atoms with E-state index in [1.54, 1.807) is 0 Å². The lowest BCUT2D eigenvalue weighted by molar-refractivity contribution is 0.322. The molecule has 0 saturated carbocycles. The van der Waals surface area contributed by atoms with E-state index in [4.69, 9.17) is 17.0 Å². The Balaban J connectivity index is 1.69. The molecule has 2 aromatic rings. The van der Waals surface area contributed by atoms with Crippen molar-refractivity contribution in [3.63, 3.8) is 0 Å². The summed E-state index contributed by atoms with van der Waals surface area (Å²) in [6, 6.07) is 16.4. The minimum Gasteiger partial charge on any atom is -0.492 e. The summed E-state index contributed by atoms with van der Waals surface area (Å²) < 4.78 is 5.65. The molecule has 0 amide bonds. The second kappa shape index (κ2) is 8.53. The molecule has 0 aromatic heterocycles. The Hall–Kier alpha value is -2.07. The second-order valence-electron chi connectivity index (χ2n) is 5.82. The summed E-state index contributed by atoms with van der Waals surface area (Å²) in [6.45, 7) is 7.65. The Labute approximate surface area is 144 Å². The Morgan fingerprint density at radius 1 is 1.04 bits per heavy atom. The molecule has 0 bridgehead atoms. The first-order valence-electron chi connectivity index (χ1n) is 7.89. The van der Waals surface area contributed by atoms with Crippen molar-refractivity contribution in [2.45, 2.75) is 26.7 Å². The summed E-state index contributed by atoms with van der Waals surface area (Å²) in [5, 5.41) is 6.93. The summed E-state index contributed by atoms with van der Waals surface area (Å²) in [5.41, 5.74) is 3.54. The molecule has 0 saturated heterocycles. The molecular weight excluding hydrogens is 304 g/mol. The van der Waals surface area contributed by atoms with Crippen LogP contribution in [-0.4, -0.2) is 18.3 Å². The lowest BCUT2D eigenvalue weighted by Crippen LogP contribution is -2.31. The lowest BCUT2D eigenvalue weighted by atomic mass is 10.0. The smallest absolute Gasteiger partial charge is 0.170 e. The fourth-order valence-electron chi connectivity index (χ4n) is 2.09. The van der Waals surface area contributed by atoms with Gasteiger partial charge < -0.3 is 15.4 Å². The molecule has 4 heteroatoms. The standard InChI is InChI=1S/C19H24N2OS/c1-14(2)16-6-8-17(9-7-16)21-19(23)20-12-13-22-18-10-4-15(3)5-11-18/h4-11,14H,12-13H2,1-3H3,(H2,20,21,23). The molecule has 0 aliphatic heterocycles. The number of nitrogens with one attached hydrogen (secondary N) is 2. The number of ether oxygens (including phenoxy) is 1. The molecule has 3 nitrogen and oxygen atoms in total. The molecule has 0 fully saturated rings. The average Bonchev–Trinajstić information content (AvgIpc) is 2.54. The number of hydrogen-bond donors (Lipinski definition) is 2. The van der Waals surface area contributed by atoms with Crippen LogP contribution in [0.3, 0.4) is 0 Å². The van der Waals surface area contributed by atoms with E-state index in [0.29, 0.717) is 24.2 Å². The second-order valence-corrected chi connectivity index (χ2v) is 6.23. The van der Waals surface area contributed by atoms with Crippen molar-refractivity contribution in [1.29, 1.82) is 0 Å². The third-order valence-electron chi connectivity index (χ3n) is 3.51. The molecule has 0 unspecified atom stereocenters. The predicted molar refractivity (Wildman–Crippen MR) is 101 cm³/mol. The zero-order chi connectivity index (χ0) is 16.7. The summed E-state index contributed by atoms with van der Waals surface area (Å²) in [4.78, 5) is 0. The molecule has 2 aromatic carbocycles. The minimum atomic E-state index is 0.535. The lowest BCUT2D eigenvalue weighted by Gasteiger charge is -2.12. The van der Waals surface area contributed by atoms with Gasteiger partial charge in [0.15, 0.2) is 5.11 Å². The van der Waals surface area contributed by atoms with E-state index >= 15 is 0 Å². The SMILES string of the molecule is Cc1ccc(OCCNC(=S)Nc2ccc(C(C)C)cc2)cc1. The van der Waals surface area contributed by atoms with E-state index in [9.17, 15) is 0 Å². The van der Waals surface area contributed by atoms with Gasteiger partial charge >= 0.3 is 0 Å². The molecule has 0 aliphatic carbocycles. The van der Waals surface area contributed by atoms with Crippen LogP contribution in [0, 0.1) is 6.92 Å². The van der Waals surface area contributed by atoms with Gasteiger partial charge in [-0.15, -0.1) is 0 Å². The summed E-state index contributed by atoms with van der Waals surface area (Å²) in [5.74, 6) is 1.41. The van der Waals surface area contributed by atoms with Crippen molar-refractivity contribution in [3.8, 4) is 5.75 Å². The van der Waals surface area contributed by atoms with Crippen LogP contribution in [0.5, 0.6) is 5.75 Å². The quantitative estimate of drug-likeness (QED) is 0.605. The zero-order valence-corrected chi connectivity index (χ0v) is 14.7. The van der Waals surface area contributed by atoms with Gasteiger partial charge in [-0.2, -0.15) is 0 Å². The molecule has 0 heterocycles. The van der Waals surface area contributed by atoms with Crippen LogP contribution in [0.4, 0.5) is 5.69 Å². The van der Waals surface area contributed by atoms with Crippen molar-refractivity contribution in [2.24, 2.45) is 0 Å². The highest BCUT2D eigenvalue weighted by molar-refractivity contribution is 7.80. The molecular formula is C19H24N2OS. The van der Waals surface area contributed by atoms with Crippen molar-refractivity contribution >= 4 is 23.0 Å². The van der Waals surface area contributed by atoms with Crippen molar-refractivity contribution in [2.75, 3.05) is 18.5 Å². The fourth-order valence-corrected chi connectivity index (χ4v) is 2.31. The van der Waals surface area contributed by atoms with Gasteiger partial charge in [0.2, 0.25) is 0 Å². The highest BCUT2D eigenvalue weighted by atomic mass is 32.1. The van der Waals surface area contributed by atoms with Gasteiger partial charge in [0.1, 0.15) is 12.4 Å². The van der Waals surface area contributed by atoms with E-state index in [1.807, 2.05) is 36.4 Å². The molecule has 0 radical (unpaired) electrons. The van der Waals surface area contributed by atoms with Gasteiger partial charge in [0.05, 0.1) is 6.54 Å². The first-order valence-corrected chi connectivity index (χ1v) is 8.29. The van der Waals surface area contributed by atoms with E-state index in [0.717, 1.165) is 11.4 Å². The summed E-state index contributed by atoms with van der Waals surface area (Å²) in [6.07, 6.45) is 0. The number of aryl methyl sites for hydroxylation is 1. The summed E-state index contributed by atoms with van der Waals surface area (Å²) >= 11 is 5.29. The van der Waals surface area contributed by atoms with Gasteiger partial charge in [-0.3, -0.25) is 0 Å². The summed E-state index contributed by atoms with van der Waals surface area (Å²) in [7, 11) is 0. The minimum absolute atomic E-state index is 0.535. The number of thiocarbonyl (C=S) groups is 1. The molecule has 0 aliphatic rings. The highest BCUT2D eigenvalue weighted by Gasteiger charge is 2.01. The van der Waals surface area contributed by atoms with Crippen molar-refractivity contribution in [3.05, 3.63) is 59.7 Å². The van der Waals surface area contributed by atoms with Gasteiger partial charge in [-0.05, 0) is 54.9 Å². The largest absolute Gasteiger partial charge is 0.492 e. The predicted octanol–water partition coefficient (Wildman–Crippen LogP) is 4.48. The Morgan fingerprint density at radius 2 is 1.70 bits per heavy atom. The maximum absolute atomic E-state index is 5.65. The molecule has 2 rings (SSSR count). The molecule has 0 spiro atoms. The van der Waals surface area contributed by atoms with Crippen LogP contribution < -0.4 is 15.4 Å². The highest BCUT2D eigenvalue weighted by Crippen LogP contribution is 2.17. The van der Waals surface area contributed by atoms with E-state index in [-0.39, 0.29) is 0 Å². The van der Waals surface area contributed by atoms with E-state index < -0.39 is 0 Å². The topological polar surface area (TPSA) is 33.3 Å². The first-order chi connectivity index (χ1) is 11.0. The molecule has 122 valence electrons. The molecule has 2 N–H and O–H groups in total. The van der Waals surface area contributed by atoms with E-state index in [1.165, 1.54) is 11.1 Å². The number of anilines is 1. The van der Waals surface area contributed by atoms with Crippen LogP contribution in [-0.2, 0) is 0 Å². The van der Waals surface area contributed by atoms with Crippen LogP contribution >= 0.6 is 12.2 Å². The van der Waals surface area contributed by atoms with Gasteiger partial charge in [0, 0.05) is 5.69 Å². The average molecular weight is 328 g/mol. The zero-order valence-electron chi connectivity index (χ0n) is 13.9.